The van der Waals surface area contributed by atoms with Crippen LogP contribution in [0.5, 0.6) is 0 Å². The van der Waals surface area contributed by atoms with Gasteiger partial charge in [-0.2, -0.15) is 0 Å². The van der Waals surface area contributed by atoms with E-state index in [1.165, 1.54) is 18.2 Å². The number of carboxylic acids is 1. The summed E-state index contributed by atoms with van der Waals surface area (Å²) >= 11 is 1.55. The maximum atomic E-state index is 12.4. The monoisotopic (exact) mass is 310 g/mol. The van der Waals surface area contributed by atoms with Gasteiger partial charge in [-0.25, -0.2) is 4.79 Å². The number of rotatable bonds is 2. The molecule has 0 aliphatic heterocycles. The summed E-state index contributed by atoms with van der Waals surface area (Å²) in [6, 6.07) is 9.66. The van der Waals surface area contributed by atoms with Gasteiger partial charge in [-0.15, -0.1) is 11.8 Å². The average molecular weight is 310 g/mol. The van der Waals surface area contributed by atoms with Crippen LogP contribution in [0, 0.1) is 0 Å². The summed E-state index contributed by atoms with van der Waals surface area (Å²) in [5.74, 6) is -1.05. The summed E-state index contributed by atoms with van der Waals surface area (Å²) in [4.78, 5) is 24.4. The predicted octanol–water partition coefficient (Wildman–Crippen LogP) is 2.72. The normalized spacial score (nSPS) is 10.5. The second kappa shape index (κ2) is 6.23. The van der Waals surface area contributed by atoms with Crippen molar-refractivity contribution in [2.24, 2.45) is 0 Å². The van der Waals surface area contributed by atoms with E-state index in [4.69, 9.17) is 9.52 Å². The Morgan fingerprint density at radius 3 is 2.52 bits per heavy atom. The molecule has 0 saturated carbocycles. The fraction of sp³-hybridized carbons (Fsp3) is 0.0667. The Morgan fingerprint density at radius 1 is 1.10 bits per heavy atom. The maximum absolute atomic E-state index is 12.4. The molecule has 1 N–H and O–H groups in total. The summed E-state index contributed by atoms with van der Waals surface area (Å²) in [5.41, 5.74) is 0.706. The Morgan fingerprint density at radius 2 is 1.86 bits per heavy atom. The van der Waals surface area contributed by atoms with E-state index >= 15 is 0 Å². The van der Waals surface area contributed by atoms with Crippen LogP contribution in [-0.4, -0.2) is 46.9 Å². The van der Waals surface area contributed by atoms with Crippen molar-refractivity contribution in [3.05, 3.63) is 52.2 Å². The molecule has 0 fully saturated rings. The van der Waals surface area contributed by atoms with Gasteiger partial charge in [-0.1, -0.05) is 0 Å². The molecule has 0 saturated heterocycles. The summed E-state index contributed by atoms with van der Waals surface area (Å²) in [7, 11) is 0. The quantitative estimate of drug-likeness (QED) is 0.448. The molecule has 0 atom stereocenters. The van der Waals surface area contributed by atoms with Crippen molar-refractivity contribution in [1.82, 2.24) is 0 Å². The summed E-state index contributed by atoms with van der Waals surface area (Å²) in [6.45, 7) is 0. The topological polar surface area (TPSA) is 67.5 Å². The van der Waals surface area contributed by atoms with Crippen molar-refractivity contribution in [2.45, 2.75) is 4.90 Å². The predicted molar refractivity (Wildman–Crippen MR) is 85.9 cm³/mol. The number of carbonyl (C=O) groups is 1. The van der Waals surface area contributed by atoms with Crippen molar-refractivity contribution >= 4 is 69.2 Å². The molecule has 0 amide bonds. The molecule has 0 radical (unpaired) electrons. The Hall–Kier alpha value is -1.27. The van der Waals surface area contributed by atoms with Crippen molar-refractivity contribution in [3.8, 4) is 0 Å². The number of carboxylic acid groups (broad SMARTS) is 1. The molecule has 0 aliphatic carbocycles. The van der Waals surface area contributed by atoms with E-state index in [1.807, 2.05) is 12.3 Å². The fourth-order valence-electron chi connectivity index (χ4n) is 2.09. The van der Waals surface area contributed by atoms with Gasteiger partial charge in [0, 0.05) is 4.90 Å². The number of thioether (sulfide) groups is 1. The number of fused-ring (bicyclic) bond motifs is 2. The van der Waals surface area contributed by atoms with E-state index < -0.39 is 5.97 Å². The molecule has 1 aromatic heterocycles. The van der Waals surface area contributed by atoms with E-state index in [0.717, 1.165) is 4.90 Å². The van der Waals surface area contributed by atoms with Gasteiger partial charge in [0.25, 0.3) is 0 Å². The third kappa shape index (κ3) is 2.87. The molecule has 0 spiro atoms. The summed E-state index contributed by atoms with van der Waals surface area (Å²) in [5, 5.41) is 9.87. The molecule has 3 aromatic rings. The Balaban J connectivity index is 0.00000161. The van der Waals surface area contributed by atoms with Gasteiger partial charge in [0.15, 0.2) is 0 Å². The molecule has 1 heterocycles. The van der Waals surface area contributed by atoms with E-state index in [9.17, 15) is 9.59 Å². The summed E-state index contributed by atoms with van der Waals surface area (Å²) in [6.07, 6.45) is 1.93. The Labute approximate surface area is 146 Å². The minimum absolute atomic E-state index is 0. The van der Waals surface area contributed by atoms with Crippen LogP contribution in [0.2, 0.25) is 0 Å². The zero-order valence-electron chi connectivity index (χ0n) is 10.5. The van der Waals surface area contributed by atoms with Gasteiger partial charge in [0.1, 0.15) is 11.2 Å². The van der Waals surface area contributed by atoms with Crippen LogP contribution in [0.25, 0.3) is 21.9 Å². The molecular formula is C15H11NaO4S. The Kier molecular flexibility index (Phi) is 4.78. The second-order valence-electron chi connectivity index (χ2n) is 4.31. The number of hydrogen-bond acceptors (Lipinski definition) is 4. The minimum atomic E-state index is -1.05. The first-order chi connectivity index (χ1) is 9.60. The molecule has 6 heteroatoms. The molecule has 21 heavy (non-hydrogen) atoms. The van der Waals surface area contributed by atoms with Gasteiger partial charge >= 0.3 is 35.5 Å². The second-order valence-corrected chi connectivity index (χ2v) is 5.19. The van der Waals surface area contributed by atoms with Gasteiger partial charge in [-0.05, 0) is 42.7 Å². The van der Waals surface area contributed by atoms with Crippen molar-refractivity contribution in [1.29, 1.82) is 0 Å². The molecule has 0 bridgehead atoms. The zero-order valence-corrected chi connectivity index (χ0v) is 11.4. The molecule has 0 aliphatic rings. The van der Waals surface area contributed by atoms with E-state index in [-0.39, 0.29) is 40.5 Å². The molecule has 2 aromatic carbocycles. The molecule has 4 nitrogen and oxygen atoms in total. The van der Waals surface area contributed by atoms with Crippen molar-refractivity contribution in [2.75, 3.05) is 6.26 Å². The van der Waals surface area contributed by atoms with Gasteiger partial charge in [-0.3, -0.25) is 4.79 Å². The first kappa shape index (κ1) is 16.1. The van der Waals surface area contributed by atoms with E-state index in [1.54, 1.807) is 23.9 Å². The molecular weight excluding hydrogens is 299 g/mol. The van der Waals surface area contributed by atoms with Gasteiger partial charge in [0.05, 0.1) is 16.3 Å². The number of hydrogen-bond donors (Lipinski definition) is 1. The number of benzene rings is 2. The van der Waals surface area contributed by atoms with E-state index in [0.29, 0.717) is 21.9 Å². The molecule has 3 rings (SSSR count). The molecule has 102 valence electrons. The van der Waals surface area contributed by atoms with Crippen LogP contribution in [0.1, 0.15) is 10.4 Å². The Bertz CT molecular complexity index is 901. The van der Waals surface area contributed by atoms with E-state index in [2.05, 4.69) is 0 Å². The fourth-order valence-corrected chi connectivity index (χ4v) is 2.53. The van der Waals surface area contributed by atoms with Crippen LogP contribution >= 0.6 is 11.8 Å². The van der Waals surface area contributed by atoms with Crippen LogP contribution < -0.4 is 5.43 Å². The summed E-state index contributed by atoms with van der Waals surface area (Å²) < 4.78 is 5.64. The zero-order chi connectivity index (χ0) is 14.3. The van der Waals surface area contributed by atoms with Crippen molar-refractivity contribution in [3.63, 3.8) is 0 Å². The van der Waals surface area contributed by atoms with Gasteiger partial charge < -0.3 is 9.52 Å². The van der Waals surface area contributed by atoms with Gasteiger partial charge in [0.2, 0.25) is 5.43 Å². The van der Waals surface area contributed by atoms with Crippen LogP contribution in [0.15, 0.2) is 50.5 Å². The number of aromatic carboxylic acids is 1. The SMILES string of the molecule is CSc1ccc2oc3cc(C(=O)O)ccc3c(=O)c2c1.[NaH]. The third-order valence-corrected chi connectivity index (χ3v) is 3.85. The third-order valence-electron chi connectivity index (χ3n) is 3.12. The van der Waals surface area contributed by atoms with Crippen molar-refractivity contribution < 1.29 is 14.3 Å². The van der Waals surface area contributed by atoms with Crippen LogP contribution in [0.3, 0.4) is 0 Å². The standard InChI is InChI=1S/C15H10O4S.Na.H/c1-20-9-3-5-12-11(7-9)14(16)10-4-2-8(15(17)18)6-13(10)19-12;;/h2-7H,1H3,(H,17,18);;. The first-order valence-electron chi connectivity index (χ1n) is 5.88. The van der Waals surface area contributed by atoms with Crippen LogP contribution in [0.4, 0.5) is 0 Å². The molecule has 0 unspecified atom stereocenters. The average Bonchev–Trinajstić information content (AvgIpc) is 2.46. The first-order valence-corrected chi connectivity index (χ1v) is 7.10. The van der Waals surface area contributed by atoms with Crippen LogP contribution in [-0.2, 0) is 0 Å².